The Bertz CT molecular complexity index is 484. The van der Waals surface area contributed by atoms with Crippen LogP contribution in [-0.2, 0) is 16.1 Å². The fourth-order valence-corrected chi connectivity index (χ4v) is 2.70. The zero-order valence-electron chi connectivity index (χ0n) is 13.5. The molecule has 0 bridgehead atoms. The van der Waals surface area contributed by atoms with Crippen molar-refractivity contribution < 1.29 is 14.3 Å². The first-order valence-electron chi connectivity index (χ1n) is 8.58. The van der Waals surface area contributed by atoms with Crippen LogP contribution in [0.5, 0.6) is 0 Å². The number of hydrogen-bond acceptors (Lipinski definition) is 4. The number of amides is 1. The summed E-state index contributed by atoms with van der Waals surface area (Å²) in [5.41, 5.74) is 1.00. The number of nitrogens with one attached hydrogen (secondary N) is 2. The molecule has 23 heavy (non-hydrogen) atoms. The molecule has 1 aromatic rings. The van der Waals surface area contributed by atoms with Gasteiger partial charge in [0.1, 0.15) is 6.61 Å². The highest BCUT2D eigenvalue weighted by Gasteiger charge is 2.30. The van der Waals surface area contributed by atoms with Crippen LogP contribution in [0, 0.1) is 5.92 Å². The molecule has 2 aliphatic rings. The van der Waals surface area contributed by atoms with Crippen molar-refractivity contribution in [2.75, 3.05) is 19.8 Å². The second kappa shape index (κ2) is 8.31. The maximum absolute atomic E-state index is 11.7. The highest BCUT2D eigenvalue weighted by Crippen LogP contribution is 2.28. The molecule has 2 N–H and O–H groups in total. The first-order chi connectivity index (χ1) is 11.3. The van der Waals surface area contributed by atoms with Gasteiger partial charge in [0, 0.05) is 25.2 Å². The number of carbonyl (C=O) groups excluding carboxylic acids is 1. The summed E-state index contributed by atoms with van der Waals surface area (Å²) in [7, 11) is 0. The molecule has 2 fully saturated rings. The molecule has 5 nitrogen and oxygen atoms in total. The Kier molecular flexibility index (Phi) is 5.88. The van der Waals surface area contributed by atoms with Crippen LogP contribution in [0.1, 0.15) is 31.2 Å². The summed E-state index contributed by atoms with van der Waals surface area (Å²) in [4.78, 5) is 11.7. The predicted octanol–water partition coefficient (Wildman–Crippen LogP) is 2.46. The Hall–Kier alpha value is -1.59. The molecule has 0 radical (unpaired) electrons. The Morgan fingerprint density at radius 2 is 1.91 bits per heavy atom. The van der Waals surface area contributed by atoms with Gasteiger partial charge in [-0.3, -0.25) is 0 Å². The smallest absolute Gasteiger partial charge is 0.407 e. The molecular formula is C18H26N2O3. The molecular weight excluding hydrogens is 292 g/mol. The van der Waals surface area contributed by atoms with Crippen LogP contribution in [0.25, 0.3) is 0 Å². The van der Waals surface area contributed by atoms with Crippen LogP contribution in [0.4, 0.5) is 4.79 Å². The summed E-state index contributed by atoms with van der Waals surface area (Å²) < 4.78 is 10.8. The van der Waals surface area contributed by atoms with Gasteiger partial charge in [-0.25, -0.2) is 4.79 Å². The van der Waals surface area contributed by atoms with Gasteiger partial charge in [0.25, 0.3) is 0 Å². The van der Waals surface area contributed by atoms with Gasteiger partial charge < -0.3 is 20.1 Å². The molecule has 3 rings (SSSR count). The van der Waals surface area contributed by atoms with E-state index in [2.05, 4.69) is 10.6 Å². The Balaban J connectivity index is 1.19. The highest BCUT2D eigenvalue weighted by molar-refractivity contribution is 5.67. The van der Waals surface area contributed by atoms with Crippen LogP contribution in [0.3, 0.4) is 0 Å². The topological polar surface area (TPSA) is 59.6 Å². The second-order valence-electron chi connectivity index (χ2n) is 6.54. The van der Waals surface area contributed by atoms with E-state index in [0.29, 0.717) is 12.6 Å². The van der Waals surface area contributed by atoms with Gasteiger partial charge in [-0.05, 0) is 37.2 Å². The Labute approximate surface area is 137 Å². The molecule has 2 saturated carbocycles. The van der Waals surface area contributed by atoms with Gasteiger partial charge in [-0.15, -0.1) is 0 Å². The number of rotatable bonds is 9. The van der Waals surface area contributed by atoms with E-state index < -0.39 is 0 Å². The highest BCUT2D eigenvalue weighted by atomic mass is 16.5. The zero-order valence-corrected chi connectivity index (χ0v) is 13.5. The van der Waals surface area contributed by atoms with Crippen molar-refractivity contribution in [1.82, 2.24) is 10.6 Å². The van der Waals surface area contributed by atoms with Crippen LogP contribution in [0.2, 0.25) is 0 Å². The van der Waals surface area contributed by atoms with E-state index in [-0.39, 0.29) is 12.1 Å². The van der Waals surface area contributed by atoms with Crippen LogP contribution >= 0.6 is 0 Å². The molecule has 0 unspecified atom stereocenters. The number of hydrogen-bond donors (Lipinski definition) is 2. The number of carbonyl (C=O) groups is 1. The summed E-state index contributed by atoms with van der Waals surface area (Å²) in [6, 6.07) is 10.4. The van der Waals surface area contributed by atoms with Crippen molar-refractivity contribution in [2.45, 2.75) is 44.4 Å². The van der Waals surface area contributed by atoms with E-state index in [0.717, 1.165) is 44.1 Å². The van der Waals surface area contributed by atoms with Crippen LogP contribution in [-0.4, -0.2) is 37.9 Å². The first kappa shape index (κ1) is 16.3. The third kappa shape index (κ3) is 5.84. The van der Waals surface area contributed by atoms with Crippen molar-refractivity contribution in [1.29, 1.82) is 0 Å². The van der Waals surface area contributed by atoms with Crippen molar-refractivity contribution in [3.8, 4) is 0 Å². The summed E-state index contributed by atoms with van der Waals surface area (Å²) in [5.74, 6) is 0.828. The maximum atomic E-state index is 11.7. The largest absolute Gasteiger partial charge is 0.445 e. The number of benzene rings is 1. The standard InChI is InChI=1S/C18H26N2O3/c21-18(23-13-14-4-2-1-3-5-14)20-17-10-16(11-17)19-8-9-22-12-15-6-7-15/h1-5,15-17,19H,6-13H2,(H,20,21). The van der Waals surface area contributed by atoms with E-state index in [9.17, 15) is 4.79 Å². The molecule has 0 aliphatic heterocycles. The van der Waals surface area contributed by atoms with Crippen molar-refractivity contribution in [3.05, 3.63) is 35.9 Å². The Morgan fingerprint density at radius 1 is 1.13 bits per heavy atom. The van der Waals surface area contributed by atoms with Crippen molar-refractivity contribution in [2.24, 2.45) is 5.92 Å². The second-order valence-corrected chi connectivity index (χ2v) is 6.54. The fourth-order valence-electron chi connectivity index (χ4n) is 2.70. The summed E-state index contributed by atoms with van der Waals surface area (Å²) in [6.45, 7) is 2.91. The van der Waals surface area contributed by atoms with E-state index in [1.54, 1.807) is 0 Å². The molecule has 1 aromatic carbocycles. The van der Waals surface area contributed by atoms with Gasteiger partial charge in [0.2, 0.25) is 0 Å². The molecule has 2 aliphatic carbocycles. The third-order valence-corrected chi connectivity index (χ3v) is 4.40. The average molecular weight is 318 g/mol. The number of alkyl carbamates (subject to hydrolysis) is 1. The Morgan fingerprint density at radius 3 is 2.65 bits per heavy atom. The SMILES string of the molecule is O=C(NC1CC(NCCOCC2CC2)C1)OCc1ccccc1. The van der Waals surface area contributed by atoms with E-state index >= 15 is 0 Å². The lowest BCUT2D eigenvalue weighted by Crippen LogP contribution is -2.53. The average Bonchev–Trinajstić information content (AvgIpc) is 3.35. The first-order valence-corrected chi connectivity index (χ1v) is 8.58. The monoisotopic (exact) mass is 318 g/mol. The minimum atomic E-state index is -0.329. The van der Waals surface area contributed by atoms with E-state index in [4.69, 9.17) is 9.47 Å². The zero-order chi connectivity index (χ0) is 15.9. The minimum absolute atomic E-state index is 0.225. The quantitative estimate of drug-likeness (QED) is 0.687. The molecule has 5 heteroatoms. The van der Waals surface area contributed by atoms with Gasteiger partial charge in [0.15, 0.2) is 0 Å². The molecule has 126 valence electrons. The molecule has 0 saturated heterocycles. The van der Waals surface area contributed by atoms with Crippen molar-refractivity contribution in [3.63, 3.8) is 0 Å². The summed E-state index contributed by atoms with van der Waals surface area (Å²) in [6.07, 6.45) is 4.27. The van der Waals surface area contributed by atoms with E-state index in [1.807, 2.05) is 30.3 Å². The number of ether oxygens (including phenoxy) is 2. The molecule has 0 spiro atoms. The fraction of sp³-hybridized carbons (Fsp3) is 0.611. The van der Waals surface area contributed by atoms with Crippen LogP contribution < -0.4 is 10.6 Å². The molecule has 0 aromatic heterocycles. The maximum Gasteiger partial charge on any atom is 0.407 e. The normalized spacial score (nSPS) is 23.1. The third-order valence-electron chi connectivity index (χ3n) is 4.40. The molecule has 1 amide bonds. The molecule has 0 atom stereocenters. The predicted molar refractivity (Wildman–Crippen MR) is 88.1 cm³/mol. The summed E-state index contributed by atoms with van der Waals surface area (Å²) >= 11 is 0. The summed E-state index contributed by atoms with van der Waals surface area (Å²) in [5, 5.41) is 6.37. The molecule has 0 heterocycles. The lowest BCUT2D eigenvalue weighted by Gasteiger charge is -2.36. The van der Waals surface area contributed by atoms with Gasteiger partial charge >= 0.3 is 6.09 Å². The van der Waals surface area contributed by atoms with Gasteiger partial charge in [-0.1, -0.05) is 30.3 Å². The van der Waals surface area contributed by atoms with Gasteiger partial charge in [-0.2, -0.15) is 0 Å². The van der Waals surface area contributed by atoms with Crippen LogP contribution in [0.15, 0.2) is 30.3 Å². The lowest BCUT2D eigenvalue weighted by molar-refractivity contribution is 0.112. The lowest BCUT2D eigenvalue weighted by atomic mass is 9.87. The van der Waals surface area contributed by atoms with E-state index in [1.165, 1.54) is 12.8 Å². The van der Waals surface area contributed by atoms with Crippen molar-refractivity contribution >= 4 is 6.09 Å². The van der Waals surface area contributed by atoms with Gasteiger partial charge in [0.05, 0.1) is 6.61 Å². The minimum Gasteiger partial charge on any atom is -0.445 e.